The Morgan fingerprint density at radius 3 is 1.89 bits per heavy atom. The quantitative estimate of drug-likeness (QED) is 0.561. The average molecular weight is 131 g/mol. The third kappa shape index (κ3) is 4.43. The van der Waals surface area contributed by atoms with Crippen molar-refractivity contribution in [3.8, 4) is 0 Å². The van der Waals surface area contributed by atoms with E-state index < -0.39 is 6.23 Å². The first-order chi connectivity index (χ1) is 4.20. The Kier molecular flexibility index (Phi) is 4.72. The van der Waals surface area contributed by atoms with Gasteiger partial charge in [-0.15, -0.1) is 0 Å². The van der Waals surface area contributed by atoms with E-state index in [1.165, 1.54) is 0 Å². The molecule has 1 unspecified atom stereocenters. The van der Waals surface area contributed by atoms with Crippen LogP contribution in [-0.2, 0) is 0 Å². The van der Waals surface area contributed by atoms with Crippen molar-refractivity contribution in [1.29, 1.82) is 0 Å². The van der Waals surface area contributed by atoms with Gasteiger partial charge in [0.25, 0.3) is 0 Å². The number of aliphatic hydroxyl groups is 1. The molecule has 0 saturated carbocycles. The van der Waals surface area contributed by atoms with Crippen molar-refractivity contribution in [3.63, 3.8) is 0 Å². The van der Waals surface area contributed by atoms with Gasteiger partial charge < -0.3 is 10.8 Å². The van der Waals surface area contributed by atoms with Crippen LogP contribution in [-0.4, -0.2) is 11.3 Å². The van der Waals surface area contributed by atoms with Crippen molar-refractivity contribution < 1.29 is 5.11 Å². The molecule has 9 heavy (non-hydrogen) atoms. The fourth-order valence-corrected chi connectivity index (χ4v) is 0.964. The Labute approximate surface area is 57.1 Å². The second-order valence-corrected chi connectivity index (χ2v) is 2.49. The molecule has 0 rings (SSSR count). The molecule has 0 heterocycles. The van der Waals surface area contributed by atoms with Crippen molar-refractivity contribution in [2.75, 3.05) is 0 Å². The smallest absolute Gasteiger partial charge is 0.102 e. The Hall–Kier alpha value is -0.0800. The minimum absolute atomic E-state index is 0.602. The van der Waals surface area contributed by atoms with Gasteiger partial charge in [-0.3, -0.25) is 0 Å². The molecule has 0 saturated heterocycles. The van der Waals surface area contributed by atoms with Crippen molar-refractivity contribution >= 4 is 0 Å². The molecule has 3 N–H and O–H groups in total. The third-order valence-corrected chi connectivity index (χ3v) is 1.73. The zero-order chi connectivity index (χ0) is 7.28. The summed E-state index contributed by atoms with van der Waals surface area (Å²) in [4.78, 5) is 0. The Morgan fingerprint density at radius 1 is 1.33 bits per heavy atom. The highest BCUT2D eigenvalue weighted by Crippen LogP contribution is 2.12. The summed E-state index contributed by atoms with van der Waals surface area (Å²) in [5.41, 5.74) is 5.20. The number of aliphatic hydroxyl groups excluding tert-OH is 1. The highest BCUT2D eigenvalue weighted by atomic mass is 16.3. The van der Waals surface area contributed by atoms with Crippen molar-refractivity contribution in [1.82, 2.24) is 0 Å². The Morgan fingerprint density at radius 2 is 1.78 bits per heavy atom. The van der Waals surface area contributed by atoms with E-state index in [2.05, 4.69) is 13.8 Å². The van der Waals surface area contributed by atoms with Crippen LogP contribution in [0.1, 0.15) is 33.1 Å². The molecule has 0 aliphatic carbocycles. The molecular formula is C7H17NO. The lowest BCUT2D eigenvalue weighted by molar-refractivity contribution is 0.146. The fraction of sp³-hybridized carbons (Fsp3) is 1.00. The van der Waals surface area contributed by atoms with Crippen LogP contribution < -0.4 is 5.73 Å². The number of hydrogen-bond acceptors (Lipinski definition) is 2. The molecule has 2 nitrogen and oxygen atoms in total. The molecular weight excluding hydrogens is 114 g/mol. The molecule has 0 aliphatic rings. The number of rotatable bonds is 4. The normalized spacial score (nSPS) is 14.3. The van der Waals surface area contributed by atoms with Crippen LogP contribution in [0.25, 0.3) is 0 Å². The van der Waals surface area contributed by atoms with E-state index in [-0.39, 0.29) is 0 Å². The summed E-state index contributed by atoms with van der Waals surface area (Å²) in [6.07, 6.45) is 2.36. The van der Waals surface area contributed by atoms with Crippen molar-refractivity contribution in [2.45, 2.75) is 39.3 Å². The van der Waals surface area contributed by atoms with Gasteiger partial charge in [-0.1, -0.05) is 26.7 Å². The minimum Gasteiger partial charge on any atom is -0.379 e. The van der Waals surface area contributed by atoms with Gasteiger partial charge in [0.05, 0.1) is 0 Å². The van der Waals surface area contributed by atoms with Gasteiger partial charge >= 0.3 is 0 Å². The molecule has 0 radical (unpaired) electrons. The van der Waals surface area contributed by atoms with E-state index in [1.54, 1.807) is 0 Å². The number of nitrogens with two attached hydrogens (primary N) is 1. The van der Waals surface area contributed by atoms with Crippen LogP contribution in [0.15, 0.2) is 0 Å². The van der Waals surface area contributed by atoms with Gasteiger partial charge in [0, 0.05) is 0 Å². The van der Waals surface area contributed by atoms with Crippen molar-refractivity contribution in [3.05, 3.63) is 0 Å². The molecule has 0 spiro atoms. The van der Waals surface area contributed by atoms with Crippen LogP contribution in [0.4, 0.5) is 0 Å². The maximum Gasteiger partial charge on any atom is 0.102 e. The molecule has 0 fully saturated rings. The zero-order valence-corrected chi connectivity index (χ0v) is 6.30. The first kappa shape index (κ1) is 8.92. The lowest BCUT2D eigenvalue weighted by Gasteiger charge is -2.12. The van der Waals surface area contributed by atoms with E-state index in [0.717, 1.165) is 19.3 Å². The van der Waals surface area contributed by atoms with Gasteiger partial charge in [-0.2, -0.15) is 0 Å². The molecule has 0 amide bonds. The molecule has 0 aromatic carbocycles. The summed E-state index contributed by atoms with van der Waals surface area (Å²) in [7, 11) is 0. The molecule has 0 aliphatic heterocycles. The van der Waals surface area contributed by atoms with E-state index in [4.69, 9.17) is 10.8 Å². The van der Waals surface area contributed by atoms with Gasteiger partial charge in [-0.25, -0.2) is 0 Å². The number of hydrogen-bond donors (Lipinski definition) is 2. The molecule has 0 aromatic rings. The lowest BCUT2D eigenvalue weighted by Crippen LogP contribution is -2.22. The maximum absolute atomic E-state index is 8.76. The van der Waals surface area contributed by atoms with Crippen LogP contribution in [0, 0.1) is 5.92 Å². The summed E-state index contributed by atoms with van der Waals surface area (Å²) in [6.45, 7) is 4.24. The monoisotopic (exact) mass is 131 g/mol. The predicted molar refractivity (Wildman–Crippen MR) is 38.9 cm³/mol. The molecule has 1 atom stereocenters. The highest BCUT2D eigenvalue weighted by Gasteiger charge is 2.05. The second kappa shape index (κ2) is 4.77. The Bertz CT molecular complexity index is 59.9. The molecule has 0 aromatic heterocycles. The van der Waals surface area contributed by atoms with E-state index in [1.807, 2.05) is 0 Å². The van der Waals surface area contributed by atoms with Crippen LogP contribution >= 0.6 is 0 Å². The summed E-state index contributed by atoms with van der Waals surface area (Å²) in [6, 6.07) is 0. The predicted octanol–water partition coefficient (Wildman–Crippen LogP) is 1.09. The minimum atomic E-state index is -0.616. The first-order valence-corrected chi connectivity index (χ1v) is 3.64. The standard InChI is InChI=1S/C7H17NO/c1-3-6(4-2)5-7(8)9/h6-7,9H,3-5,8H2,1-2H3. The van der Waals surface area contributed by atoms with Crippen LogP contribution in [0.2, 0.25) is 0 Å². The van der Waals surface area contributed by atoms with E-state index in [9.17, 15) is 0 Å². The SMILES string of the molecule is CCC(CC)CC(N)O. The van der Waals surface area contributed by atoms with Gasteiger partial charge in [0.2, 0.25) is 0 Å². The largest absolute Gasteiger partial charge is 0.379 e. The molecule has 2 heteroatoms. The summed E-state index contributed by atoms with van der Waals surface area (Å²) >= 11 is 0. The summed E-state index contributed by atoms with van der Waals surface area (Å²) < 4.78 is 0. The molecule has 56 valence electrons. The third-order valence-electron chi connectivity index (χ3n) is 1.73. The van der Waals surface area contributed by atoms with E-state index >= 15 is 0 Å². The van der Waals surface area contributed by atoms with Gasteiger partial charge in [0.15, 0.2) is 0 Å². The Balaban J connectivity index is 3.31. The zero-order valence-electron chi connectivity index (χ0n) is 6.30. The lowest BCUT2D eigenvalue weighted by atomic mass is 9.99. The summed E-state index contributed by atoms with van der Waals surface area (Å²) in [5, 5.41) is 8.76. The summed E-state index contributed by atoms with van der Waals surface area (Å²) in [5.74, 6) is 0.602. The van der Waals surface area contributed by atoms with Gasteiger partial charge in [-0.05, 0) is 12.3 Å². The topological polar surface area (TPSA) is 46.2 Å². The van der Waals surface area contributed by atoms with Crippen LogP contribution in [0.3, 0.4) is 0 Å². The highest BCUT2D eigenvalue weighted by molar-refractivity contribution is 4.56. The van der Waals surface area contributed by atoms with Gasteiger partial charge in [0.1, 0.15) is 6.23 Å². The maximum atomic E-state index is 8.76. The average Bonchev–Trinajstić information content (AvgIpc) is 1.82. The van der Waals surface area contributed by atoms with Crippen LogP contribution in [0.5, 0.6) is 0 Å². The molecule has 0 bridgehead atoms. The fourth-order valence-electron chi connectivity index (χ4n) is 0.964. The van der Waals surface area contributed by atoms with E-state index in [0.29, 0.717) is 5.92 Å². The van der Waals surface area contributed by atoms with Crippen molar-refractivity contribution in [2.24, 2.45) is 11.7 Å². The first-order valence-electron chi connectivity index (χ1n) is 3.64. The second-order valence-electron chi connectivity index (χ2n) is 2.49.